The van der Waals surface area contributed by atoms with Gasteiger partial charge in [-0.1, -0.05) is 13.8 Å². The monoisotopic (exact) mass is 231 g/mol. The Labute approximate surface area is 104 Å². The Morgan fingerprint density at radius 3 is 2.59 bits per heavy atom. The van der Waals surface area contributed by atoms with E-state index in [4.69, 9.17) is 11.0 Å². The van der Waals surface area contributed by atoms with Crippen molar-refractivity contribution < 1.29 is 0 Å². The van der Waals surface area contributed by atoms with Crippen LogP contribution in [-0.4, -0.2) is 12.6 Å². The number of aryl methyl sites for hydroxylation is 1. The Morgan fingerprint density at radius 1 is 1.41 bits per heavy atom. The van der Waals surface area contributed by atoms with E-state index in [0.717, 1.165) is 23.2 Å². The fraction of sp³-hybridized carbons (Fsp3) is 0.500. The molecule has 3 N–H and O–H groups in total. The Morgan fingerprint density at radius 2 is 2.12 bits per heavy atom. The van der Waals surface area contributed by atoms with Crippen LogP contribution in [0.2, 0.25) is 0 Å². The van der Waals surface area contributed by atoms with Gasteiger partial charge in [-0.2, -0.15) is 5.26 Å². The zero-order valence-corrected chi connectivity index (χ0v) is 10.8. The highest BCUT2D eigenvalue weighted by atomic mass is 14.9. The van der Waals surface area contributed by atoms with Crippen molar-refractivity contribution in [3.8, 4) is 6.07 Å². The van der Waals surface area contributed by atoms with E-state index in [2.05, 4.69) is 25.2 Å². The third-order valence-corrected chi connectivity index (χ3v) is 2.76. The minimum atomic E-state index is 0.294. The summed E-state index contributed by atoms with van der Waals surface area (Å²) in [6, 6.07) is 8.25. The predicted octanol–water partition coefficient (Wildman–Crippen LogP) is 2.65. The molecule has 0 saturated carbocycles. The summed E-state index contributed by atoms with van der Waals surface area (Å²) in [5, 5.41) is 12.3. The van der Waals surface area contributed by atoms with Crippen LogP contribution in [-0.2, 0) is 0 Å². The van der Waals surface area contributed by atoms with Gasteiger partial charge in [0.25, 0.3) is 0 Å². The molecule has 0 heterocycles. The van der Waals surface area contributed by atoms with Gasteiger partial charge in [0.2, 0.25) is 0 Å². The molecule has 0 radical (unpaired) electrons. The lowest BCUT2D eigenvalue weighted by atomic mass is 10.0. The van der Waals surface area contributed by atoms with Gasteiger partial charge in [0.1, 0.15) is 0 Å². The summed E-state index contributed by atoms with van der Waals surface area (Å²) in [6.45, 7) is 6.95. The highest BCUT2D eigenvalue weighted by Gasteiger charge is 2.09. The maximum atomic E-state index is 8.87. The SMILES string of the molecule is Cc1cc(NC(CN)CC(C)C)ccc1C#N. The Kier molecular flexibility index (Phi) is 4.99. The number of hydrogen-bond acceptors (Lipinski definition) is 3. The molecule has 1 rings (SSSR count). The second-order valence-corrected chi connectivity index (χ2v) is 4.85. The van der Waals surface area contributed by atoms with Crippen LogP contribution in [0.15, 0.2) is 18.2 Å². The molecule has 0 aliphatic rings. The molecule has 0 bridgehead atoms. The van der Waals surface area contributed by atoms with Gasteiger partial charge < -0.3 is 11.1 Å². The van der Waals surface area contributed by atoms with Crippen LogP contribution in [0.5, 0.6) is 0 Å². The van der Waals surface area contributed by atoms with Crippen LogP contribution in [0, 0.1) is 24.2 Å². The van der Waals surface area contributed by atoms with Crippen molar-refractivity contribution in [3.63, 3.8) is 0 Å². The van der Waals surface area contributed by atoms with Gasteiger partial charge in [0, 0.05) is 18.3 Å². The lowest BCUT2D eigenvalue weighted by Crippen LogP contribution is -2.30. The van der Waals surface area contributed by atoms with E-state index in [-0.39, 0.29) is 0 Å². The maximum absolute atomic E-state index is 8.87. The van der Waals surface area contributed by atoms with Crippen molar-refractivity contribution in [2.45, 2.75) is 33.2 Å². The average molecular weight is 231 g/mol. The zero-order valence-electron chi connectivity index (χ0n) is 10.8. The van der Waals surface area contributed by atoms with Crippen molar-refractivity contribution in [3.05, 3.63) is 29.3 Å². The molecule has 0 aliphatic carbocycles. The van der Waals surface area contributed by atoms with Crippen LogP contribution in [0.25, 0.3) is 0 Å². The summed E-state index contributed by atoms with van der Waals surface area (Å²) in [6.07, 6.45) is 1.05. The lowest BCUT2D eigenvalue weighted by Gasteiger charge is -2.20. The molecular formula is C14H21N3. The van der Waals surface area contributed by atoms with Crippen molar-refractivity contribution in [1.29, 1.82) is 5.26 Å². The number of hydrogen-bond donors (Lipinski definition) is 2. The van der Waals surface area contributed by atoms with Crippen LogP contribution in [0.1, 0.15) is 31.4 Å². The number of nitrogens with one attached hydrogen (secondary N) is 1. The lowest BCUT2D eigenvalue weighted by molar-refractivity contribution is 0.522. The largest absolute Gasteiger partial charge is 0.381 e. The molecule has 1 aromatic carbocycles. The molecule has 0 saturated heterocycles. The highest BCUT2D eigenvalue weighted by Crippen LogP contribution is 2.17. The third-order valence-electron chi connectivity index (χ3n) is 2.76. The molecule has 1 aromatic rings. The first kappa shape index (κ1) is 13.5. The van der Waals surface area contributed by atoms with Gasteiger partial charge in [0.15, 0.2) is 0 Å². The van der Waals surface area contributed by atoms with E-state index in [0.29, 0.717) is 18.5 Å². The number of anilines is 1. The minimum absolute atomic E-state index is 0.294. The quantitative estimate of drug-likeness (QED) is 0.819. The van der Waals surface area contributed by atoms with Crippen LogP contribution in [0.4, 0.5) is 5.69 Å². The summed E-state index contributed by atoms with van der Waals surface area (Å²) in [5.74, 6) is 0.621. The Bertz CT molecular complexity index is 404. The van der Waals surface area contributed by atoms with Gasteiger partial charge >= 0.3 is 0 Å². The Balaban J connectivity index is 2.74. The number of rotatable bonds is 5. The first-order valence-corrected chi connectivity index (χ1v) is 6.04. The topological polar surface area (TPSA) is 61.8 Å². The second kappa shape index (κ2) is 6.27. The third kappa shape index (κ3) is 4.08. The fourth-order valence-electron chi connectivity index (χ4n) is 1.90. The first-order valence-electron chi connectivity index (χ1n) is 6.04. The molecule has 1 unspecified atom stereocenters. The smallest absolute Gasteiger partial charge is 0.0994 e. The zero-order chi connectivity index (χ0) is 12.8. The van der Waals surface area contributed by atoms with Gasteiger partial charge in [-0.3, -0.25) is 0 Å². The van der Waals surface area contributed by atoms with Crippen molar-refractivity contribution >= 4 is 5.69 Å². The maximum Gasteiger partial charge on any atom is 0.0994 e. The predicted molar refractivity (Wildman–Crippen MR) is 71.8 cm³/mol. The van der Waals surface area contributed by atoms with E-state index in [1.807, 2.05) is 25.1 Å². The van der Waals surface area contributed by atoms with Crippen molar-refractivity contribution in [2.24, 2.45) is 11.7 Å². The summed E-state index contributed by atoms with van der Waals surface area (Å²) in [4.78, 5) is 0. The van der Waals surface area contributed by atoms with E-state index < -0.39 is 0 Å². The van der Waals surface area contributed by atoms with E-state index in [9.17, 15) is 0 Å². The number of nitriles is 1. The van der Waals surface area contributed by atoms with E-state index in [1.54, 1.807) is 0 Å². The minimum Gasteiger partial charge on any atom is -0.381 e. The fourth-order valence-corrected chi connectivity index (χ4v) is 1.90. The van der Waals surface area contributed by atoms with Gasteiger partial charge in [-0.05, 0) is 43.0 Å². The molecule has 0 aliphatic heterocycles. The number of benzene rings is 1. The van der Waals surface area contributed by atoms with E-state index >= 15 is 0 Å². The van der Waals surface area contributed by atoms with Crippen molar-refractivity contribution in [1.82, 2.24) is 0 Å². The van der Waals surface area contributed by atoms with Gasteiger partial charge in [-0.25, -0.2) is 0 Å². The molecule has 92 valence electrons. The second-order valence-electron chi connectivity index (χ2n) is 4.85. The molecule has 1 atom stereocenters. The first-order chi connectivity index (χ1) is 8.06. The van der Waals surface area contributed by atoms with Gasteiger partial charge in [-0.15, -0.1) is 0 Å². The van der Waals surface area contributed by atoms with Crippen molar-refractivity contribution in [2.75, 3.05) is 11.9 Å². The Hall–Kier alpha value is -1.53. The summed E-state index contributed by atoms with van der Waals surface area (Å²) < 4.78 is 0. The number of nitrogens with two attached hydrogens (primary N) is 1. The standard InChI is InChI=1S/C14H21N3/c1-10(2)6-14(9-16)17-13-5-4-12(8-15)11(3)7-13/h4-5,7,10,14,17H,6,9,16H2,1-3H3. The summed E-state index contributed by atoms with van der Waals surface area (Å²) in [7, 11) is 0. The average Bonchev–Trinajstić information content (AvgIpc) is 2.27. The van der Waals surface area contributed by atoms with Crippen LogP contribution < -0.4 is 11.1 Å². The molecule has 0 fully saturated rings. The molecule has 0 spiro atoms. The van der Waals surface area contributed by atoms with Crippen LogP contribution >= 0.6 is 0 Å². The summed E-state index contributed by atoms with van der Waals surface area (Å²) >= 11 is 0. The van der Waals surface area contributed by atoms with E-state index in [1.165, 1.54) is 0 Å². The highest BCUT2D eigenvalue weighted by molar-refractivity contribution is 5.52. The molecule has 3 heteroatoms. The molecular weight excluding hydrogens is 210 g/mol. The van der Waals surface area contributed by atoms with Crippen LogP contribution in [0.3, 0.4) is 0 Å². The normalized spacial score (nSPS) is 12.2. The molecule has 3 nitrogen and oxygen atoms in total. The molecule has 0 aromatic heterocycles. The molecule has 17 heavy (non-hydrogen) atoms. The summed E-state index contributed by atoms with van der Waals surface area (Å²) in [5.41, 5.74) is 8.51. The molecule has 0 amide bonds. The number of nitrogens with zero attached hydrogens (tertiary/aromatic N) is 1. The van der Waals surface area contributed by atoms with Gasteiger partial charge in [0.05, 0.1) is 11.6 Å².